The molecule has 140 valence electrons. The van der Waals surface area contributed by atoms with Gasteiger partial charge in [0.25, 0.3) is 0 Å². The summed E-state index contributed by atoms with van der Waals surface area (Å²) in [6.07, 6.45) is 2.51. The summed E-state index contributed by atoms with van der Waals surface area (Å²) < 4.78 is 38.2. The number of sulfonamides is 1. The molecular weight excluding hydrogens is 345 g/mol. The third kappa shape index (κ3) is 5.49. The number of carbonyl (C=O) groups is 1. The van der Waals surface area contributed by atoms with E-state index in [2.05, 4.69) is 5.32 Å². The van der Waals surface area contributed by atoms with E-state index in [-0.39, 0.29) is 30.2 Å². The molecule has 2 unspecified atom stereocenters. The molecule has 2 rings (SSSR count). The zero-order valence-corrected chi connectivity index (χ0v) is 15.7. The van der Waals surface area contributed by atoms with Gasteiger partial charge in [-0.2, -0.15) is 0 Å². The van der Waals surface area contributed by atoms with Gasteiger partial charge < -0.3 is 10.2 Å². The van der Waals surface area contributed by atoms with Gasteiger partial charge in [0.15, 0.2) is 0 Å². The van der Waals surface area contributed by atoms with Crippen molar-refractivity contribution < 1.29 is 17.6 Å². The van der Waals surface area contributed by atoms with Crippen LogP contribution in [0.2, 0.25) is 0 Å². The second kappa shape index (κ2) is 8.25. The van der Waals surface area contributed by atoms with E-state index < -0.39 is 10.0 Å². The van der Waals surface area contributed by atoms with Gasteiger partial charge in [0.2, 0.25) is 15.9 Å². The number of hydrogen-bond donors (Lipinski definition) is 1. The number of benzene rings is 1. The molecule has 0 aliphatic carbocycles. The van der Waals surface area contributed by atoms with Gasteiger partial charge in [0.1, 0.15) is 5.82 Å². The monoisotopic (exact) mass is 371 g/mol. The number of nitrogens with zero attached hydrogens (tertiary/aromatic N) is 2. The van der Waals surface area contributed by atoms with Gasteiger partial charge in [-0.1, -0.05) is 12.1 Å². The van der Waals surface area contributed by atoms with Crippen molar-refractivity contribution in [1.82, 2.24) is 14.5 Å². The summed E-state index contributed by atoms with van der Waals surface area (Å²) in [5.41, 5.74) is 0.784. The maximum absolute atomic E-state index is 13.5. The third-order valence-electron chi connectivity index (χ3n) is 4.55. The molecule has 2 atom stereocenters. The van der Waals surface area contributed by atoms with Crippen LogP contribution >= 0.6 is 0 Å². The molecular formula is C17H26FN3O3S. The molecule has 1 saturated heterocycles. The normalized spacial score (nSPS) is 20.4. The minimum absolute atomic E-state index is 0.156. The average molecular weight is 371 g/mol. The molecule has 0 saturated carbocycles. The fraction of sp³-hybridized carbons (Fsp3) is 0.588. The molecule has 1 aromatic rings. The third-order valence-corrected chi connectivity index (χ3v) is 5.82. The Kier molecular flexibility index (Phi) is 6.53. The molecule has 1 amide bonds. The molecule has 0 spiro atoms. The summed E-state index contributed by atoms with van der Waals surface area (Å²) in [6, 6.07) is 6.16. The first-order valence-corrected chi connectivity index (χ1v) is 10.2. The Morgan fingerprint density at radius 1 is 1.44 bits per heavy atom. The first kappa shape index (κ1) is 19.8. The fourth-order valence-corrected chi connectivity index (χ4v) is 4.02. The Morgan fingerprint density at radius 3 is 2.76 bits per heavy atom. The second-order valence-electron chi connectivity index (χ2n) is 6.74. The largest absolute Gasteiger partial charge is 0.354 e. The smallest absolute Gasteiger partial charge is 0.224 e. The van der Waals surface area contributed by atoms with Crippen LogP contribution in [-0.4, -0.2) is 63.5 Å². The molecule has 0 aromatic heterocycles. The van der Waals surface area contributed by atoms with E-state index in [0.29, 0.717) is 25.9 Å². The summed E-state index contributed by atoms with van der Waals surface area (Å²) in [4.78, 5) is 14.4. The van der Waals surface area contributed by atoms with Crippen LogP contribution in [0.25, 0.3) is 0 Å². The average Bonchev–Trinajstić information content (AvgIpc) is 2.54. The van der Waals surface area contributed by atoms with Crippen LogP contribution in [0.4, 0.5) is 4.39 Å². The Labute approximate surface area is 149 Å². The van der Waals surface area contributed by atoms with E-state index in [1.54, 1.807) is 6.07 Å². The molecule has 25 heavy (non-hydrogen) atoms. The standard InChI is InChI=1S/C17H26FN3O3S/c1-20(2)16(13-6-4-8-15(18)10-13)11-19-17(22)14-7-5-9-21(12-14)25(3,23)24/h4,6,8,10,14,16H,5,7,9,11-12H2,1-3H3,(H,19,22). The lowest BCUT2D eigenvalue weighted by molar-refractivity contribution is -0.126. The molecule has 1 heterocycles. The van der Waals surface area contributed by atoms with Crippen molar-refractivity contribution in [3.63, 3.8) is 0 Å². The molecule has 1 aliphatic rings. The van der Waals surface area contributed by atoms with Crippen molar-refractivity contribution in [3.05, 3.63) is 35.6 Å². The molecule has 8 heteroatoms. The van der Waals surface area contributed by atoms with Crippen molar-refractivity contribution in [1.29, 1.82) is 0 Å². The van der Waals surface area contributed by atoms with Crippen LogP contribution in [0, 0.1) is 11.7 Å². The SMILES string of the molecule is CN(C)C(CNC(=O)C1CCCN(S(C)(=O)=O)C1)c1cccc(F)c1. The molecule has 0 bridgehead atoms. The number of likely N-dealkylation sites (N-methyl/N-ethyl adjacent to an activating group) is 1. The highest BCUT2D eigenvalue weighted by Gasteiger charge is 2.30. The van der Waals surface area contributed by atoms with E-state index in [4.69, 9.17) is 0 Å². The van der Waals surface area contributed by atoms with E-state index in [1.165, 1.54) is 22.7 Å². The van der Waals surface area contributed by atoms with Gasteiger partial charge in [-0.3, -0.25) is 4.79 Å². The summed E-state index contributed by atoms with van der Waals surface area (Å²) in [5, 5.41) is 2.90. The number of halogens is 1. The number of amides is 1. The summed E-state index contributed by atoms with van der Waals surface area (Å²) in [7, 11) is 0.456. The summed E-state index contributed by atoms with van der Waals surface area (Å²) in [6.45, 7) is 1.02. The maximum atomic E-state index is 13.5. The Morgan fingerprint density at radius 2 is 2.16 bits per heavy atom. The number of hydrogen-bond acceptors (Lipinski definition) is 4. The zero-order valence-electron chi connectivity index (χ0n) is 14.9. The molecule has 1 aromatic carbocycles. The van der Waals surface area contributed by atoms with Crippen LogP contribution < -0.4 is 5.32 Å². The lowest BCUT2D eigenvalue weighted by Gasteiger charge is -2.31. The maximum Gasteiger partial charge on any atom is 0.224 e. The number of rotatable bonds is 6. The first-order valence-electron chi connectivity index (χ1n) is 8.33. The second-order valence-corrected chi connectivity index (χ2v) is 8.72. The van der Waals surface area contributed by atoms with E-state index in [0.717, 1.165) is 5.56 Å². The fourth-order valence-electron chi connectivity index (χ4n) is 3.11. The molecule has 6 nitrogen and oxygen atoms in total. The summed E-state index contributed by atoms with van der Waals surface area (Å²) in [5.74, 6) is -0.817. The van der Waals surface area contributed by atoms with Crippen LogP contribution in [0.3, 0.4) is 0 Å². The van der Waals surface area contributed by atoms with E-state index in [9.17, 15) is 17.6 Å². The van der Waals surface area contributed by atoms with Crippen LogP contribution in [0.15, 0.2) is 24.3 Å². The molecule has 1 fully saturated rings. The van der Waals surface area contributed by atoms with Crippen LogP contribution in [-0.2, 0) is 14.8 Å². The van der Waals surface area contributed by atoms with Gasteiger partial charge >= 0.3 is 0 Å². The molecule has 1 N–H and O–H groups in total. The zero-order chi connectivity index (χ0) is 18.6. The predicted octanol–water partition coefficient (Wildman–Crippen LogP) is 1.22. The van der Waals surface area contributed by atoms with Crippen molar-refractivity contribution in [2.45, 2.75) is 18.9 Å². The number of nitrogens with one attached hydrogen (secondary N) is 1. The lowest BCUT2D eigenvalue weighted by atomic mass is 9.98. The Bertz CT molecular complexity index is 709. The molecule has 1 aliphatic heterocycles. The van der Waals surface area contributed by atoms with Gasteiger partial charge in [-0.05, 0) is 44.6 Å². The Hall–Kier alpha value is -1.51. The highest BCUT2D eigenvalue weighted by Crippen LogP contribution is 2.21. The van der Waals surface area contributed by atoms with Crippen LogP contribution in [0.1, 0.15) is 24.4 Å². The lowest BCUT2D eigenvalue weighted by Crippen LogP contribution is -2.46. The first-order chi connectivity index (χ1) is 11.7. The van der Waals surface area contributed by atoms with Crippen molar-refractivity contribution >= 4 is 15.9 Å². The quantitative estimate of drug-likeness (QED) is 0.816. The number of carbonyl (C=O) groups excluding carboxylic acids is 1. The predicted molar refractivity (Wildman–Crippen MR) is 95.0 cm³/mol. The van der Waals surface area contributed by atoms with Gasteiger partial charge in [-0.15, -0.1) is 0 Å². The van der Waals surface area contributed by atoms with E-state index in [1.807, 2.05) is 25.1 Å². The summed E-state index contributed by atoms with van der Waals surface area (Å²) >= 11 is 0. The number of piperidine rings is 1. The minimum atomic E-state index is -3.28. The topological polar surface area (TPSA) is 69.7 Å². The highest BCUT2D eigenvalue weighted by molar-refractivity contribution is 7.88. The van der Waals surface area contributed by atoms with E-state index >= 15 is 0 Å². The van der Waals surface area contributed by atoms with Crippen molar-refractivity contribution in [2.24, 2.45) is 5.92 Å². The van der Waals surface area contributed by atoms with Gasteiger partial charge in [0.05, 0.1) is 18.2 Å². The van der Waals surface area contributed by atoms with Crippen LogP contribution in [0.5, 0.6) is 0 Å². The minimum Gasteiger partial charge on any atom is -0.354 e. The highest BCUT2D eigenvalue weighted by atomic mass is 32.2. The van der Waals surface area contributed by atoms with Gasteiger partial charge in [0, 0.05) is 19.6 Å². The van der Waals surface area contributed by atoms with Crippen molar-refractivity contribution in [3.8, 4) is 0 Å². The van der Waals surface area contributed by atoms with Gasteiger partial charge in [-0.25, -0.2) is 17.1 Å². The van der Waals surface area contributed by atoms with Crippen molar-refractivity contribution in [2.75, 3.05) is 40.0 Å². The Balaban J connectivity index is 1.99. The molecule has 0 radical (unpaired) electrons.